The molecule has 0 radical (unpaired) electrons. The van der Waals surface area contributed by atoms with Gasteiger partial charge in [0.05, 0.1) is 18.3 Å². The third-order valence-corrected chi connectivity index (χ3v) is 4.27. The SMILES string of the molecule is Cc1cccc2c1cnn2CCCNC(=O)c1cc2n(n1)CCO2. The van der Waals surface area contributed by atoms with E-state index in [0.717, 1.165) is 18.5 Å². The molecule has 2 aromatic heterocycles. The molecule has 0 saturated heterocycles. The number of carbonyl (C=O) groups excluding carboxylic acids is 1. The average molecular weight is 325 g/mol. The Labute approximate surface area is 139 Å². The van der Waals surface area contributed by atoms with Crippen molar-refractivity contribution in [2.75, 3.05) is 13.2 Å². The van der Waals surface area contributed by atoms with Gasteiger partial charge >= 0.3 is 0 Å². The number of fused-ring (bicyclic) bond motifs is 2. The minimum Gasteiger partial charge on any atom is -0.476 e. The normalized spacial score (nSPS) is 13.0. The van der Waals surface area contributed by atoms with Gasteiger partial charge in [0.15, 0.2) is 5.69 Å². The van der Waals surface area contributed by atoms with E-state index < -0.39 is 0 Å². The van der Waals surface area contributed by atoms with Crippen molar-refractivity contribution in [1.82, 2.24) is 24.9 Å². The van der Waals surface area contributed by atoms with Gasteiger partial charge in [-0.25, -0.2) is 4.68 Å². The molecule has 7 heteroatoms. The summed E-state index contributed by atoms with van der Waals surface area (Å²) < 4.78 is 9.06. The maximum absolute atomic E-state index is 12.1. The maximum Gasteiger partial charge on any atom is 0.271 e. The summed E-state index contributed by atoms with van der Waals surface area (Å²) in [5.41, 5.74) is 2.76. The van der Waals surface area contributed by atoms with E-state index in [9.17, 15) is 4.79 Å². The van der Waals surface area contributed by atoms with Gasteiger partial charge in [0.1, 0.15) is 6.61 Å². The summed E-state index contributed by atoms with van der Waals surface area (Å²) in [4.78, 5) is 12.1. The van der Waals surface area contributed by atoms with Crippen molar-refractivity contribution in [2.24, 2.45) is 0 Å². The predicted molar refractivity (Wildman–Crippen MR) is 89.1 cm³/mol. The monoisotopic (exact) mass is 325 g/mol. The molecule has 0 aliphatic carbocycles. The number of hydrogen-bond donors (Lipinski definition) is 1. The van der Waals surface area contributed by atoms with Crippen molar-refractivity contribution in [3.63, 3.8) is 0 Å². The first-order valence-corrected chi connectivity index (χ1v) is 8.12. The van der Waals surface area contributed by atoms with Crippen molar-refractivity contribution in [3.8, 4) is 5.88 Å². The Morgan fingerprint density at radius 1 is 1.42 bits per heavy atom. The lowest BCUT2D eigenvalue weighted by atomic mass is 10.1. The molecule has 0 atom stereocenters. The van der Waals surface area contributed by atoms with Crippen LogP contribution in [0.3, 0.4) is 0 Å². The summed E-state index contributed by atoms with van der Waals surface area (Å²) in [5.74, 6) is 0.500. The van der Waals surface area contributed by atoms with Crippen LogP contribution in [0.1, 0.15) is 22.5 Å². The molecular formula is C17H19N5O2. The standard InChI is InChI=1S/C17H19N5O2/c1-12-4-2-5-15-13(12)11-19-21(15)7-3-6-18-17(23)14-10-16-22(20-14)8-9-24-16/h2,4-5,10-11H,3,6-9H2,1H3,(H,18,23). The molecule has 1 aromatic carbocycles. The molecule has 1 N–H and O–H groups in total. The van der Waals surface area contributed by atoms with Crippen LogP contribution in [-0.4, -0.2) is 38.6 Å². The first-order chi connectivity index (χ1) is 11.7. The molecule has 124 valence electrons. The highest BCUT2D eigenvalue weighted by atomic mass is 16.5. The number of ether oxygens (including phenoxy) is 1. The lowest BCUT2D eigenvalue weighted by Crippen LogP contribution is -2.26. The smallest absolute Gasteiger partial charge is 0.271 e. The number of amides is 1. The van der Waals surface area contributed by atoms with Gasteiger partial charge in [-0.15, -0.1) is 0 Å². The number of hydrogen-bond acceptors (Lipinski definition) is 4. The minimum absolute atomic E-state index is 0.165. The van der Waals surface area contributed by atoms with Gasteiger partial charge in [0.2, 0.25) is 5.88 Å². The van der Waals surface area contributed by atoms with Crippen LogP contribution in [-0.2, 0) is 13.1 Å². The molecule has 0 bridgehead atoms. The first kappa shape index (κ1) is 14.7. The average Bonchev–Trinajstić information content (AvgIpc) is 3.26. The van der Waals surface area contributed by atoms with E-state index in [-0.39, 0.29) is 5.91 Å². The highest BCUT2D eigenvalue weighted by Gasteiger charge is 2.18. The Hall–Kier alpha value is -2.83. The lowest BCUT2D eigenvalue weighted by Gasteiger charge is -2.05. The Kier molecular flexibility index (Phi) is 3.68. The van der Waals surface area contributed by atoms with E-state index in [0.29, 0.717) is 31.3 Å². The zero-order chi connectivity index (χ0) is 16.5. The van der Waals surface area contributed by atoms with Crippen molar-refractivity contribution in [2.45, 2.75) is 26.4 Å². The van der Waals surface area contributed by atoms with Crippen LogP contribution in [0.25, 0.3) is 10.9 Å². The molecule has 0 saturated carbocycles. The molecular weight excluding hydrogens is 306 g/mol. The lowest BCUT2D eigenvalue weighted by molar-refractivity contribution is 0.0946. The van der Waals surface area contributed by atoms with E-state index >= 15 is 0 Å². The zero-order valence-corrected chi connectivity index (χ0v) is 13.5. The van der Waals surface area contributed by atoms with Crippen molar-refractivity contribution in [3.05, 3.63) is 41.7 Å². The van der Waals surface area contributed by atoms with Crippen LogP contribution in [0.15, 0.2) is 30.5 Å². The molecule has 3 heterocycles. The second kappa shape index (κ2) is 5.99. The fourth-order valence-corrected chi connectivity index (χ4v) is 2.97. The topological polar surface area (TPSA) is 74.0 Å². The quantitative estimate of drug-likeness (QED) is 0.725. The first-order valence-electron chi connectivity index (χ1n) is 8.12. The van der Waals surface area contributed by atoms with Crippen LogP contribution in [0.4, 0.5) is 0 Å². The zero-order valence-electron chi connectivity index (χ0n) is 13.5. The molecule has 0 spiro atoms. The summed E-state index contributed by atoms with van der Waals surface area (Å²) in [6.45, 7) is 4.75. The molecule has 0 fully saturated rings. The number of benzene rings is 1. The Morgan fingerprint density at radius 2 is 2.33 bits per heavy atom. The van der Waals surface area contributed by atoms with Gasteiger partial charge in [0.25, 0.3) is 5.91 Å². The van der Waals surface area contributed by atoms with Gasteiger partial charge in [-0.2, -0.15) is 10.2 Å². The number of aryl methyl sites for hydroxylation is 2. The van der Waals surface area contributed by atoms with Crippen LogP contribution in [0, 0.1) is 6.92 Å². The van der Waals surface area contributed by atoms with Gasteiger partial charge in [-0.05, 0) is 25.0 Å². The number of aromatic nitrogens is 4. The predicted octanol–water partition coefficient (Wildman–Crippen LogP) is 1.75. The van der Waals surface area contributed by atoms with Crippen LogP contribution < -0.4 is 10.1 Å². The third-order valence-electron chi connectivity index (χ3n) is 4.27. The molecule has 0 unspecified atom stereocenters. The minimum atomic E-state index is -0.165. The molecule has 1 amide bonds. The van der Waals surface area contributed by atoms with E-state index in [1.807, 2.05) is 16.9 Å². The van der Waals surface area contributed by atoms with E-state index in [1.54, 1.807) is 10.7 Å². The summed E-state index contributed by atoms with van der Waals surface area (Å²) >= 11 is 0. The molecule has 4 rings (SSSR count). The molecule has 3 aromatic rings. The highest BCUT2D eigenvalue weighted by molar-refractivity contribution is 5.92. The van der Waals surface area contributed by atoms with Gasteiger partial charge in [-0.1, -0.05) is 12.1 Å². The van der Waals surface area contributed by atoms with Crippen molar-refractivity contribution >= 4 is 16.8 Å². The summed E-state index contributed by atoms with van der Waals surface area (Å²) in [6, 6.07) is 7.88. The van der Waals surface area contributed by atoms with Gasteiger partial charge < -0.3 is 10.1 Å². The number of nitrogens with one attached hydrogen (secondary N) is 1. The maximum atomic E-state index is 12.1. The van der Waals surface area contributed by atoms with E-state index in [2.05, 4.69) is 34.6 Å². The number of nitrogens with zero attached hydrogens (tertiary/aromatic N) is 4. The number of carbonyl (C=O) groups is 1. The summed E-state index contributed by atoms with van der Waals surface area (Å²) in [6.07, 6.45) is 2.70. The largest absolute Gasteiger partial charge is 0.476 e. The fourth-order valence-electron chi connectivity index (χ4n) is 2.97. The Bertz CT molecular complexity index is 874. The second-order valence-electron chi connectivity index (χ2n) is 5.92. The molecule has 1 aliphatic rings. The molecule has 1 aliphatic heterocycles. The summed E-state index contributed by atoms with van der Waals surface area (Å²) in [5, 5.41) is 12.7. The van der Waals surface area contributed by atoms with Gasteiger partial charge in [-0.3, -0.25) is 9.48 Å². The van der Waals surface area contributed by atoms with E-state index in [1.165, 1.54) is 10.9 Å². The van der Waals surface area contributed by atoms with Crippen LogP contribution in [0.2, 0.25) is 0 Å². The Balaban J connectivity index is 1.32. The van der Waals surface area contributed by atoms with Gasteiger partial charge in [0, 0.05) is 24.5 Å². The number of rotatable bonds is 5. The Morgan fingerprint density at radius 3 is 3.21 bits per heavy atom. The molecule has 24 heavy (non-hydrogen) atoms. The highest BCUT2D eigenvalue weighted by Crippen LogP contribution is 2.19. The van der Waals surface area contributed by atoms with Crippen LogP contribution in [0.5, 0.6) is 5.88 Å². The second-order valence-corrected chi connectivity index (χ2v) is 5.92. The summed E-state index contributed by atoms with van der Waals surface area (Å²) in [7, 11) is 0. The van der Waals surface area contributed by atoms with Crippen molar-refractivity contribution < 1.29 is 9.53 Å². The van der Waals surface area contributed by atoms with Crippen LogP contribution >= 0.6 is 0 Å². The fraction of sp³-hybridized carbons (Fsp3) is 0.353. The molecule has 7 nitrogen and oxygen atoms in total. The third kappa shape index (κ3) is 2.62. The van der Waals surface area contributed by atoms with Crippen molar-refractivity contribution in [1.29, 1.82) is 0 Å². The van der Waals surface area contributed by atoms with E-state index in [4.69, 9.17) is 4.74 Å².